The number of hydrogen-bond acceptors (Lipinski definition) is 3. The van der Waals surface area contributed by atoms with Crippen LogP contribution in [0.1, 0.15) is 50.4 Å². The molecule has 1 saturated heterocycles. The fourth-order valence-electron chi connectivity index (χ4n) is 2.86. The smallest absolute Gasteiger partial charge is 0.243 e. The van der Waals surface area contributed by atoms with E-state index in [1.807, 2.05) is 13.8 Å². The van der Waals surface area contributed by atoms with Crippen molar-refractivity contribution < 1.29 is 13.2 Å². The minimum atomic E-state index is -3.52. The van der Waals surface area contributed by atoms with E-state index < -0.39 is 10.0 Å². The number of hydrogen-bond donors (Lipinski definition) is 0. The maximum Gasteiger partial charge on any atom is 0.243 e. The molecule has 0 bridgehead atoms. The molecule has 1 aliphatic heterocycles. The number of benzene rings is 1. The highest BCUT2D eigenvalue weighted by Crippen LogP contribution is 2.32. The van der Waals surface area contributed by atoms with Crippen molar-refractivity contribution in [2.75, 3.05) is 0 Å². The molecule has 0 aromatic heterocycles. The highest BCUT2D eigenvalue weighted by molar-refractivity contribution is 7.89. The van der Waals surface area contributed by atoms with Crippen LogP contribution in [-0.2, 0) is 10.0 Å². The van der Waals surface area contributed by atoms with Crippen LogP contribution in [0.3, 0.4) is 0 Å². The van der Waals surface area contributed by atoms with Gasteiger partial charge in [-0.05, 0) is 45.2 Å². The van der Waals surface area contributed by atoms with E-state index in [4.69, 9.17) is 0 Å². The number of sulfonamides is 1. The van der Waals surface area contributed by atoms with Crippen LogP contribution in [0, 0.1) is 0 Å². The monoisotopic (exact) mass is 295 g/mol. The van der Waals surface area contributed by atoms with E-state index in [9.17, 15) is 13.2 Å². The topological polar surface area (TPSA) is 54.5 Å². The molecule has 4 nitrogen and oxygen atoms in total. The van der Waals surface area contributed by atoms with Crippen LogP contribution in [0.5, 0.6) is 0 Å². The summed E-state index contributed by atoms with van der Waals surface area (Å²) in [7, 11) is -3.52. The number of carbonyl (C=O) groups is 1. The molecule has 1 aromatic rings. The minimum absolute atomic E-state index is 0.0194. The van der Waals surface area contributed by atoms with Gasteiger partial charge < -0.3 is 0 Å². The van der Waals surface area contributed by atoms with Crippen molar-refractivity contribution in [1.29, 1.82) is 0 Å². The summed E-state index contributed by atoms with van der Waals surface area (Å²) >= 11 is 0. The second kappa shape index (κ2) is 5.66. The molecule has 0 saturated carbocycles. The van der Waals surface area contributed by atoms with E-state index in [0.717, 1.165) is 19.3 Å². The van der Waals surface area contributed by atoms with Gasteiger partial charge in [0.25, 0.3) is 0 Å². The molecule has 0 spiro atoms. The van der Waals surface area contributed by atoms with Gasteiger partial charge in [-0.25, -0.2) is 8.42 Å². The molecule has 1 aromatic carbocycles. The predicted octanol–water partition coefficient (Wildman–Crippen LogP) is 2.84. The molecule has 0 N–H and O–H groups in total. The van der Waals surface area contributed by atoms with Crippen molar-refractivity contribution in [3.63, 3.8) is 0 Å². The van der Waals surface area contributed by atoms with Crippen LogP contribution in [-0.4, -0.2) is 30.6 Å². The second-order valence-corrected chi connectivity index (χ2v) is 7.25. The van der Waals surface area contributed by atoms with Gasteiger partial charge in [0, 0.05) is 17.6 Å². The Morgan fingerprint density at radius 2 is 2.05 bits per heavy atom. The molecular weight excluding hydrogens is 274 g/mol. The quantitative estimate of drug-likeness (QED) is 0.803. The molecule has 2 rings (SSSR count). The summed E-state index contributed by atoms with van der Waals surface area (Å²) in [6, 6.07) is 6.41. The van der Waals surface area contributed by atoms with Gasteiger partial charge in [0.2, 0.25) is 10.0 Å². The summed E-state index contributed by atoms with van der Waals surface area (Å²) in [5.41, 5.74) is 0.436. The largest absolute Gasteiger partial charge is 0.295 e. The minimum Gasteiger partial charge on any atom is -0.295 e. The Labute approximate surface area is 120 Å². The van der Waals surface area contributed by atoms with E-state index >= 15 is 0 Å². The van der Waals surface area contributed by atoms with Crippen molar-refractivity contribution in [1.82, 2.24) is 4.31 Å². The Kier molecular flexibility index (Phi) is 4.30. The zero-order valence-corrected chi connectivity index (χ0v) is 13.0. The van der Waals surface area contributed by atoms with Gasteiger partial charge >= 0.3 is 0 Å². The molecular formula is C15H21NO3S. The van der Waals surface area contributed by atoms with Gasteiger partial charge in [0.15, 0.2) is 5.78 Å². The van der Waals surface area contributed by atoms with Gasteiger partial charge in [-0.1, -0.05) is 19.1 Å². The maximum absolute atomic E-state index is 12.8. The van der Waals surface area contributed by atoms with Gasteiger partial charge in [0.05, 0.1) is 4.90 Å². The van der Waals surface area contributed by atoms with E-state index in [1.54, 1.807) is 22.5 Å². The number of ketones is 1. The van der Waals surface area contributed by atoms with Crippen LogP contribution in [0.4, 0.5) is 0 Å². The first-order chi connectivity index (χ1) is 9.37. The van der Waals surface area contributed by atoms with E-state index in [0.29, 0.717) is 5.56 Å². The van der Waals surface area contributed by atoms with Crippen molar-refractivity contribution in [2.24, 2.45) is 0 Å². The number of Topliss-reactive ketones (excluding diaryl/α,β-unsaturated/α-hetero) is 1. The average Bonchev–Trinajstić information content (AvgIpc) is 2.80. The SMILES string of the molecule is CCC1CCC(C)N1S(=O)(=O)c1cccc(C(C)=O)c1. The summed E-state index contributed by atoms with van der Waals surface area (Å²) in [5.74, 6) is -0.122. The summed E-state index contributed by atoms with van der Waals surface area (Å²) in [6.07, 6.45) is 2.61. The van der Waals surface area contributed by atoms with Crippen LogP contribution >= 0.6 is 0 Å². The third-order valence-corrected chi connectivity index (χ3v) is 6.06. The zero-order valence-electron chi connectivity index (χ0n) is 12.2. The molecule has 5 heteroatoms. The Hall–Kier alpha value is -1.20. The Morgan fingerprint density at radius 3 is 2.65 bits per heavy atom. The second-order valence-electron chi connectivity index (χ2n) is 5.41. The lowest BCUT2D eigenvalue weighted by Gasteiger charge is -2.27. The van der Waals surface area contributed by atoms with Gasteiger partial charge in [-0.15, -0.1) is 0 Å². The van der Waals surface area contributed by atoms with Crippen LogP contribution < -0.4 is 0 Å². The van der Waals surface area contributed by atoms with Gasteiger partial charge in [-0.2, -0.15) is 4.31 Å². The average molecular weight is 295 g/mol. The summed E-state index contributed by atoms with van der Waals surface area (Å²) < 4.78 is 27.2. The number of nitrogens with zero attached hydrogens (tertiary/aromatic N) is 1. The Balaban J connectivity index is 2.44. The molecule has 1 aliphatic rings. The van der Waals surface area contributed by atoms with Crippen molar-refractivity contribution in [3.8, 4) is 0 Å². The summed E-state index contributed by atoms with van der Waals surface area (Å²) in [6.45, 7) is 5.40. The first kappa shape index (κ1) is 15.2. The predicted molar refractivity (Wildman–Crippen MR) is 78.2 cm³/mol. The normalized spacial score (nSPS) is 23.9. The summed E-state index contributed by atoms with van der Waals surface area (Å²) in [5, 5.41) is 0. The third kappa shape index (κ3) is 2.65. The molecule has 1 fully saturated rings. The molecule has 1 heterocycles. The Morgan fingerprint density at radius 1 is 1.35 bits per heavy atom. The fourth-order valence-corrected chi connectivity index (χ4v) is 4.86. The lowest BCUT2D eigenvalue weighted by Crippen LogP contribution is -2.39. The highest BCUT2D eigenvalue weighted by Gasteiger charge is 2.39. The summed E-state index contributed by atoms with van der Waals surface area (Å²) in [4.78, 5) is 11.6. The van der Waals surface area contributed by atoms with E-state index in [-0.39, 0.29) is 22.8 Å². The molecule has 0 radical (unpaired) electrons. The molecule has 2 unspecified atom stereocenters. The number of rotatable bonds is 4. The van der Waals surface area contributed by atoms with Crippen molar-refractivity contribution >= 4 is 15.8 Å². The third-order valence-electron chi connectivity index (χ3n) is 4.00. The lowest BCUT2D eigenvalue weighted by atomic mass is 10.2. The zero-order chi connectivity index (χ0) is 14.9. The first-order valence-electron chi connectivity index (χ1n) is 7.02. The van der Waals surface area contributed by atoms with Gasteiger partial charge in [0.1, 0.15) is 0 Å². The van der Waals surface area contributed by atoms with Crippen LogP contribution in [0.15, 0.2) is 29.2 Å². The van der Waals surface area contributed by atoms with E-state index in [1.165, 1.54) is 13.0 Å². The molecule has 0 aliphatic carbocycles. The fraction of sp³-hybridized carbons (Fsp3) is 0.533. The molecule has 20 heavy (non-hydrogen) atoms. The van der Waals surface area contributed by atoms with Crippen molar-refractivity contribution in [2.45, 2.75) is 57.0 Å². The van der Waals surface area contributed by atoms with Crippen LogP contribution in [0.2, 0.25) is 0 Å². The molecule has 110 valence electrons. The molecule has 0 amide bonds. The molecule has 2 atom stereocenters. The lowest BCUT2D eigenvalue weighted by molar-refractivity contribution is 0.101. The number of carbonyl (C=O) groups excluding carboxylic acids is 1. The Bertz CT molecular complexity index is 609. The maximum atomic E-state index is 12.8. The van der Waals surface area contributed by atoms with Crippen molar-refractivity contribution in [3.05, 3.63) is 29.8 Å². The van der Waals surface area contributed by atoms with E-state index in [2.05, 4.69) is 0 Å². The van der Waals surface area contributed by atoms with Crippen LogP contribution in [0.25, 0.3) is 0 Å². The van der Waals surface area contributed by atoms with Gasteiger partial charge in [-0.3, -0.25) is 4.79 Å². The first-order valence-corrected chi connectivity index (χ1v) is 8.46. The standard InChI is InChI=1S/C15H21NO3S/c1-4-14-9-8-11(2)16(14)20(18,19)15-7-5-6-13(10-15)12(3)17/h5-7,10-11,14H,4,8-9H2,1-3H3. The highest BCUT2D eigenvalue weighted by atomic mass is 32.2.